The summed E-state index contributed by atoms with van der Waals surface area (Å²) >= 11 is 0. The lowest BCUT2D eigenvalue weighted by Crippen LogP contribution is -2.18. The summed E-state index contributed by atoms with van der Waals surface area (Å²) in [5.74, 6) is -0.433. The maximum Gasteiger partial charge on any atom is 0.307 e. The Balaban J connectivity index is 2.46. The molecule has 0 bridgehead atoms. The van der Waals surface area contributed by atoms with Crippen LogP contribution in [0.2, 0.25) is 0 Å². The van der Waals surface area contributed by atoms with Crippen molar-refractivity contribution in [1.82, 2.24) is 0 Å². The molecule has 1 fully saturated rings. The minimum atomic E-state index is -0.605. The Morgan fingerprint density at radius 1 is 1.67 bits per heavy atom. The van der Waals surface area contributed by atoms with Gasteiger partial charge in [-0.3, -0.25) is 4.79 Å². The van der Waals surface area contributed by atoms with Crippen LogP contribution in [0.5, 0.6) is 0 Å². The van der Waals surface area contributed by atoms with Gasteiger partial charge in [0.2, 0.25) is 5.79 Å². The molecular weight excluding hydrogens is 160 g/mol. The Bertz CT molecular complexity index is 217. The van der Waals surface area contributed by atoms with Crippen molar-refractivity contribution < 1.29 is 19.0 Å². The minimum Gasteiger partial charge on any atom is -0.462 e. The van der Waals surface area contributed by atoms with Crippen molar-refractivity contribution in [2.24, 2.45) is 0 Å². The molecule has 1 saturated heterocycles. The second kappa shape index (κ2) is 3.15. The predicted molar refractivity (Wildman–Crippen MR) is 41.0 cm³/mol. The van der Waals surface area contributed by atoms with E-state index in [-0.39, 0.29) is 5.97 Å². The molecule has 1 heterocycles. The molecule has 1 aliphatic heterocycles. The minimum absolute atomic E-state index is 0.347. The predicted octanol–water partition coefficient (Wildman–Crippen LogP) is 1.17. The van der Waals surface area contributed by atoms with Crippen molar-refractivity contribution in [3.63, 3.8) is 0 Å². The normalized spacial score (nSPS) is 23.8. The molecule has 0 aromatic carbocycles. The fourth-order valence-electron chi connectivity index (χ4n) is 0.826. The van der Waals surface area contributed by atoms with E-state index in [1.54, 1.807) is 13.8 Å². The van der Waals surface area contributed by atoms with Crippen molar-refractivity contribution in [3.05, 3.63) is 12.0 Å². The maximum atomic E-state index is 10.4. The quantitative estimate of drug-likeness (QED) is 0.440. The first kappa shape index (κ1) is 9.06. The summed E-state index contributed by atoms with van der Waals surface area (Å²) in [6.45, 7) is 5.27. The van der Waals surface area contributed by atoms with E-state index in [0.29, 0.717) is 12.4 Å². The number of hydrogen-bond acceptors (Lipinski definition) is 4. The highest BCUT2D eigenvalue weighted by Crippen LogP contribution is 2.24. The fraction of sp³-hybridized carbons (Fsp3) is 0.625. The van der Waals surface area contributed by atoms with Gasteiger partial charge in [0, 0.05) is 20.8 Å². The van der Waals surface area contributed by atoms with Crippen LogP contribution in [0, 0.1) is 0 Å². The summed E-state index contributed by atoms with van der Waals surface area (Å²) < 4.78 is 15.1. The highest BCUT2D eigenvalue weighted by molar-refractivity contribution is 5.66. The standard InChI is InChI=1S/C8H12O4/c1-6(9)10-4-7-5-11-8(2,3)12-7/h4H,5H2,1-3H3/b7-4+. The van der Waals surface area contributed by atoms with Gasteiger partial charge in [-0.05, 0) is 0 Å². The van der Waals surface area contributed by atoms with E-state index in [2.05, 4.69) is 4.74 Å². The molecular formula is C8H12O4. The van der Waals surface area contributed by atoms with E-state index >= 15 is 0 Å². The smallest absolute Gasteiger partial charge is 0.307 e. The number of carbonyl (C=O) groups excluding carboxylic acids is 1. The largest absolute Gasteiger partial charge is 0.462 e. The molecule has 1 aliphatic rings. The van der Waals surface area contributed by atoms with Crippen molar-refractivity contribution in [1.29, 1.82) is 0 Å². The number of hydrogen-bond donors (Lipinski definition) is 0. The van der Waals surface area contributed by atoms with Gasteiger partial charge >= 0.3 is 5.97 Å². The third-order valence-electron chi connectivity index (χ3n) is 1.30. The summed E-state index contributed by atoms with van der Waals surface area (Å²) in [5.41, 5.74) is 0. The average Bonchev–Trinajstić information content (AvgIpc) is 2.26. The van der Waals surface area contributed by atoms with Gasteiger partial charge in [-0.25, -0.2) is 0 Å². The molecule has 4 heteroatoms. The molecule has 0 N–H and O–H groups in total. The molecule has 68 valence electrons. The van der Waals surface area contributed by atoms with E-state index in [4.69, 9.17) is 9.47 Å². The topological polar surface area (TPSA) is 44.8 Å². The summed E-state index contributed by atoms with van der Waals surface area (Å²) in [5, 5.41) is 0. The van der Waals surface area contributed by atoms with Crippen LogP contribution in [0.4, 0.5) is 0 Å². The van der Waals surface area contributed by atoms with Gasteiger partial charge in [-0.1, -0.05) is 0 Å². The number of rotatable bonds is 1. The number of esters is 1. The molecule has 0 aromatic rings. The number of carbonyl (C=O) groups is 1. The molecule has 0 aliphatic carbocycles. The molecule has 12 heavy (non-hydrogen) atoms. The first-order valence-corrected chi connectivity index (χ1v) is 3.69. The summed E-state index contributed by atoms with van der Waals surface area (Å²) in [6.07, 6.45) is 1.27. The third kappa shape index (κ3) is 2.54. The fourth-order valence-corrected chi connectivity index (χ4v) is 0.826. The molecule has 1 rings (SSSR count). The van der Waals surface area contributed by atoms with Gasteiger partial charge in [0.15, 0.2) is 5.76 Å². The van der Waals surface area contributed by atoms with E-state index in [9.17, 15) is 4.79 Å². The molecule has 0 radical (unpaired) electrons. The van der Waals surface area contributed by atoms with Crippen LogP contribution in [0.3, 0.4) is 0 Å². The lowest BCUT2D eigenvalue weighted by atomic mass is 10.4. The van der Waals surface area contributed by atoms with Crippen LogP contribution in [-0.4, -0.2) is 18.4 Å². The molecule has 4 nitrogen and oxygen atoms in total. The summed E-state index contributed by atoms with van der Waals surface area (Å²) in [6, 6.07) is 0. The van der Waals surface area contributed by atoms with E-state index in [1.807, 2.05) is 0 Å². The average molecular weight is 172 g/mol. The molecule has 0 unspecified atom stereocenters. The van der Waals surface area contributed by atoms with Crippen LogP contribution in [-0.2, 0) is 19.0 Å². The van der Waals surface area contributed by atoms with Gasteiger partial charge < -0.3 is 14.2 Å². The number of ether oxygens (including phenoxy) is 3. The molecule has 0 spiro atoms. The summed E-state index contributed by atoms with van der Waals surface area (Å²) in [7, 11) is 0. The van der Waals surface area contributed by atoms with E-state index in [1.165, 1.54) is 13.2 Å². The van der Waals surface area contributed by atoms with Gasteiger partial charge in [0.05, 0.1) is 0 Å². The third-order valence-corrected chi connectivity index (χ3v) is 1.30. The lowest BCUT2D eigenvalue weighted by Gasteiger charge is -2.14. The molecule has 0 saturated carbocycles. The SMILES string of the molecule is CC(=O)O/C=C1\COC(C)(C)O1. The molecule has 0 amide bonds. The van der Waals surface area contributed by atoms with Crippen LogP contribution in [0.25, 0.3) is 0 Å². The lowest BCUT2D eigenvalue weighted by molar-refractivity contribution is -0.136. The summed E-state index contributed by atoms with van der Waals surface area (Å²) in [4.78, 5) is 10.4. The van der Waals surface area contributed by atoms with Crippen LogP contribution >= 0.6 is 0 Å². The van der Waals surface area contributed by atoms with E-state index in [0.717, 1.165) is 0 Å². The second-order valence-corrected chi connectivity index (χ2v) is 2.98. The first-order chi connectivity index (χ1) is 5.49. The van der Waals surface area contributed by atoms with Crippen molar-refractivity contribution >= 4 is 5.97 Å². The van der Waals surface area contributed by atoms with Crippen LogP contribution < -0.4 is 0 Å². The monoisotopic (exact) mass is 172 g/mol. The van der Waals surface area contributed by atoms with Crippen LogP contribution in [0.1, 0.15) is 20.8 Å². The van der Waals surface area contributed by atoms with Gasteiger partial charge in [0.25, 0.3) is 0 Å². The van der Waals surface area contributed by atoms with Crippen LogP contribution in [0.15, 0.2) is 12.0 Å². The maximum absolute atomic E-state index is 10.4. The van der Waals surface area contributed by atoms with Crippen molar-refractivity contribution in [2.75, 3.05) is 6.61 Å². The Hall–Kier alpha value is -1.03. The van der Waals surface area contributed by atoms with Gasteiger partial charge in [-0.2, -0.15) is 0 Å². The Morgan fingerprint density at radius 2 is 2.33 bits per heavy atom. The molecule has 0 atom stereocenters. The van der Waals surface area contributed by atoms with Gasteiger partial charge in [-0.15, -0.1) is 0 Å². The first-order valence-electron chi connectivity index (χ1n) is 3.69. The van der Waals surface area contributed by atoms with Crippen molar-refractivity contribution in [2.45, 2.75) is 26.6 Å². The second-order valence-electron chi connectivity index (χ2n) is 2.98. The van der Waals surface area contributed by atoms with Crippen molar-refractivity contribution in [3.8, 4) is 0 Å². The highest BCUT2D eigenvalue weighted by atomic mass is 16.7. The highest BCUT2D eigenvalue weighted by Gasteiger charge is 2.29. The zero-order chi connectivity index (χ0) is 9.19. The Morgan fingerprint density at radius 3 is 2.75 bits per heavy atom. The van der Waals surface area contributed by atoms with Gasteiger partial charge in [0.1, 0.15) is 12.9 Å². The zero-order valence-corrected chi connectivity index (χ0v) is 7.42. The zero-order valence-electron chi connectivity index (χ0n) is 7.42. The molecule has 0 aromatic heterocycles. The Kier molecular flexibility index (Phi) is 2.38. The Labute approximate surface area is 71.1 Å². The van der Waals surface area contributed by atoms with E-state index < -0.39 is 5.79 Å².